The van der Waals surface area contributed by atoms with Crippen LogP contribution < -0.4 is 15.5 Å². The molecule has 1 aromatic heterocycles. The van der Waals surface area contributed by atoms with E-state index in [1.54, 1.807) is 30.5 Å². The number of pyridine rings is 1. The standard InChI is InChI=1S/C23H29ClN4O2/c1-16(2)20(27-22(29)18-10-4-5-11-19(18)24)23(30)26-15-17-9-8-12-25-21(17)28-13-6-3-7-14-28/h4-5,8-12,16,20H,3,6-7,13-15H2,1-2H3,(H,26,30)(H,27,29). The molecule has 1 aliphatic rings. The number of halogens is 1. The number of aromatic nitrogens is 1. The van der Waals surface area contributed by atoms with Crippen molar-refractivity contribution in [1.29, 1.82) is 0 Å². The van der Waals surface area contributed by atoms with E-state index in [2.05, 4.69) is 20.5 Å². The Balaban J connectivity index is 1.66. The molecule has 2 N–H and O–H groups in total. The summed E-state index contributed by atoms with van der Waals surface area (Å²) in [6.07, 6.45) is 5.35. The van der Waals surface area contributed by atoms with Gasteiger partial charge in [-0.1, -0.05) is 43.6 Å². The maximum Gasteiger partial charge on any atom is 0.253 e. The van der Waals surface area contributed by atoms with Crippen LogP contribution in [-0.2, 0) is 11.3 Å². The van der Waals surface area contributed by atoms with Gasteiger partial charge in [0.05, 0.1) is 10.6 Å². The fourth-order valence-electron chi connectivity index (χ4n) is 3.65. The predicted octanol–water partition coefficient (Wildman–Crippen LogP) is 3.80. The van der Waals surface area contributed by atoms with Crippen molar-refractivity contribution in [1.82, 2.24) is 15.6 Å². The number of carbonyl (C=O) groups is 2. The molecule has 1 saturated heterocycles. The Bertz CT molecular complexity index is 881. The van der Waals surface area contributed by atoms with Crippen molar-refractivity contribution in [2.45, 2.75) is 45.7 Å². The summed E-state index contributed by atoms with van der Waals surface area (Å²) >= 11 is 6.12. The van der Waals surface area contributed by atoms with Crippen LogP contribution >= 0.6 is 11.6 Å². The maximum absolute atomic E-state index is 12.9. The van der Waals surface area contributed by atoms with Crippen LogP contribution in [0.25, 0.3) is 0 Å². The smallest absolute Gasteiger partial charge is 0.253 e. The van der Waals surface area contributed by atoms with Gasteiger partial charge in [0.2, 0.25) is 5.91 Å². The van der Waals surface area contributed by atoms with Gasteiger partial charge in [-0.25, -0.2) is 4.98 Å². The van der Waals surface area contributed by atoms with Crippen LogP contribution in [0, 0.1) is 5.92 Å². The minimum absolute atomic E-state index is 0.0769. The number of piperidine rings is 1. The van der Waals surface area contributed by atoms with Gasteiger partial charge >= 0.3 is 0 Å². The van der Waals surface area contributed by atoms with Crippen LogP contribution in [0.1, 0.15) is 49.0 Å². The van der Waals surface area contributed by atoms with Gasteiger partial charge in [0, 0.05) is 31.4 Å². The maximum atomic E-state index is 12.9. The van der Waals surface area contributed by atoms with Crippen molar-refractivity contribution in [3.8, 4) is 0 Å². The Labute approximate surface area is 183 Å². The summed E-state index contributed by atoms with van der Waals surface area (Å²) < 4.78 is 0. The number of hydrogen-bond donors (Lipinski definition) is 2. The average Bonchev–Trinajstić information content (AvgIpc) is 2.76. The van der Waals surface area contributed by atoms with E-state index in [0.717, 1.165) is 37.3 Å². The Morgan fingerprint density at radius 1 is 1.10 bits per heavy atom. The fraction of sp³-hybridized carbons (Fsp3) is 0.435. The fourth-order valence-corrected chi connectivity index (χ4v) is 3.87. The van der Waals surface area contributed by atoms with E-state index in [-0.39, 0.29) is 17.7 Å². The lowest BCUT2D eigenvalue weighted by atomic mass is 10.0. The second-order valence-electron chi connectivity index (χ2n) is 7.93. The van der Waals surface area contributed by atoms with Crippen molar-refractivity contribution >= 4 is 29.2 Å². The third kappa shape index (κ3) is 5.51. The Morgan fingerprint density at radius 3 is 2.53 bits per heavy atom. The van der Waals surface area contributed by atoms with E-state index in [1.165, 1.54) is 6.42 Å². The first-order valence-electron chi connectivity index (χ1n) is 10.5. The van der Waals surface area contributed by atoms with Crippen LogP contribution in [0.15, 0.2) is 42.6 Å². The first-order chi connectivity index (χ1) is 14.5. The van der Waals surface area contributed by atoms with E-state index >= 15 is 0 Å². The second kappa shape index (κ2) is 10.4. The number of rotatable bonds is 7. The molecule has 1 unspecified atom stereocenters. The van der Waals surface area contributed by atoms with Crippen LogP contribution in [-0.4, -0.2) is 35.9 Å². The van der Waals surface area contributed by atoms with E-state index in [9.17, 15) is 9.59 Å². The topological polar surface area (TPSA) is 74.3 Å². The van der Waals surface area contributed by atoms with Crippen LogP contribution in [0.2, 0.25) is 5.02 Å². The zero-order valence-corrected chi connectivity index (χ0v) is 18.3. The molecule has 6 nitrogen and oxygen atoms in total. The Morgan fingerprint density at radius 2 is 1.83 bits per heavy atom. The van der Waals surface area contributed by atoms with Crippen molar-refractivity contribution in [3.63, 3.8) is 0 Å². The zero-order chi connectivity index (χ0) is 21.5. The number of carbonyl (C=O) groups excluding carboxylic acids is 2. The highest BCUT2D eigenvalue weighted by Gasteiger charge is 2.26. The summed E-state index contributed by atoms with van der Waals surface area (Å²) in [4.78, 5) is 32.4. The molecule has 0 saturated carbocycles. The predicted molar refractivity (Wildman–Crippen MR) is 120 cm³/mol. The Kier molecular flexibility index (Phi) is 7.69. The average molecular weight is 429 g/mol. The van der Waals surface area contributed by atoms with Gasteiger partial charge in [-0.05, 0) is 43.4 Å². The molecular weight excluding hydrogens is 400 g/mol. The molecule has 1 aromatic carbocycles. The first kappa shape index (κ1) is 22.1. The van der Waals surface area contributed by atoms with E-state index in [0.29, 0.717) is 17.1 Å². The number of nitrogens with zero attached hydrogens (tertiary/aromatic N) is 2. The lowest BCUT2D eigenvalue weighted by molar-refractivity contribution is -0.124. The minimum Gasteiger partial charge on any atom is -0.356 e. The van der Waals surface area contributed by atoms with E-state index < -0.39 is 6.04 Å². The SMILES string of the molecule is CC(C)C(NC(=O)c1ccccc1Cl)C(=O)NCc1cccnc1N1CCCCC1. The number of benzene rings is 1. The molecule has 0 radical (unpaired) electrons. The summed E-state index contributed by atoms with van der Waals surface area (Å²) in [6.45, 7) is 6.14. The quantitative estimate of drug-likeness (QED) is 0.703. The summed E-state index contributed by atoms with van der Waals surface area (Å²) in [7, 11) is 0. The third-order valence-corrected chi connectivity index (χ3v) is 5.66. The van der Waals surface area contributed by atoms with Gasteiger partial charge < -0.3 is 15.5 Å². The molecular formula is C23H29ClN4O2. The minimum atomic E-state index is -0.663. The molecule has 160 valence electrons. The zero-order valence-electron chi connectivity index (χ0n) is 17.5. The van der Waals surface area contributed by atoms with Crippen LogP contribution in [0.4, 0.5) is 5.82 Å². The lowest BCUT2D eigenvalue weighted by Gasteiger charge is -2.29. The monoisotopic (exact) mass is 428 g/mol. The van der Waals surface area contributed by atoms with Crippen molar-refractivity contribution in [2.24, 2.45) is 5.92 Å². The molecule has 2 heterocycles. The molecule has 1 atom stereocenters. The largest absolute Gasteiger partial charge is 0.356 e. The van der Waals surface area contributed by atoms with Gasteiger partial charge in [0.25, 0.3) is 5.91 Å². The van der Waals surface area contributed by atoms with Gasteiger partial charge in [-0.2, -0.15) is 0 Å². The molecule has 0 spiro atoms. The normalized spacial score (nSPS) is 15.0. The van der Waals surface area contributed by atoms with Gasteiger partial charge in [-0.3, -0.25) is 9.59 Å². The second-order valence-corrected chi connectivity index (χ2v) is 8.33. The van der Waals surface area contributed by atoms with Gasteiger partial charge in [0.1, 0.15) is 11.9 Å². The highest BCUT2D eigenvalue weighted by molar-refractivity contribution is 6.33. The summed E-state index contributed by atoms with van der Waals surface area (Å²) in [6, 6.07) is 10.0. The molecule has 30 heavy (non-hydrogen) atoms. The molecule has 2 aromatic rings. The Hall–Kier alpha value is -2.60. The molecule has 3 rings (SSSR count). The third-order valence-electron chi connectivity index (χ3n) is 5.33. The number of anilines is 1. The summed E-state index contributed by atoms with van der Waals surface area (Å²) in [5.74, 6) is 0.272. The van der Waals surface area contributed by atoms with Gasteiger partial charge in [-0.15, -0.1) is 0 Å². The first-order valence-corrected chi connectivity index (χ1v) is 10.9. The molecule has 1 fully saturated rings. The van der Waals surface area contributed by atoms with Crippen molar-refractivity contribution in [2.75, 3.05) is 18.0 Å². The van der Waals surface area contributed by atoms with Crippen molar-refractivity contribution < 1.29 is 9.59 Å². The molecule has 1 aliphatic heterocycles. The molecule has 2 amide bonds. The molecule has 7 heteroatoms. The molecule has 0 aliphatic carbocycles. The lowest BCUT2D eigenvalue weighted by Crippen LogP contribution is -2.49. The highest BCUT2D eigenvalue weighted by atomic mass is 35.5. The van der Waals surface area contributed by atoms with Gasteiger partial charge in [0.15, 0.2) is 0 Å². The number of hydrogen-bond acceptors (Lipinski definition) is 4. The number of amides is 2. The summed E-state index contributed by atoms with van der Waals surface area (Å²) in [5.41, 5.74) is 1.34. The highest BCUT2D eigenvalue weighted by Crippen LogP contribution is 2.21. The van der Waals surface area contributed by atoms with Crippen LogP contribution in [0.3, 0.4) is 0 Å². The van der Waals surface area contributed by atoms with Crippen LogP contribution in [0.5, 0.6) is 0 Å². The van der Waals surface area contributed by atoms with E-state index in [4.69, 9.17) is 11.6 Å². The van der Waals surface area contributed by atoms with E-state index in [1.807, 2.05) is 26.0 Å². The van der Waals surface area contributed by atoms with Crippen molar-refractivity contribution in [3.05, 3.63) is 58.7 Å². The summed E-state index contributed by atoms with van der Waals surface area (Å²) in [5, 5.41) is 6.16. The number of nitrogens with one attached hydrogen (secondary N) is 2. The molecule has 0 bridgehead atoms.